The van der Waals surface area contributed by atoms with Crippen LogP contribution in [-0.4, -0.2) is 70.5 Å². The molecule has 2 aromatic rings. The minimum atomic E-state index is -0.117. The molecule has 2 aliphatic rings. The Balaban J connectivity index is 1.33. The lowest BCUT2D eigenvalue weighted by atomic mass is 10.1. The summed E-state index contributed by atoms with van der Waals surface area (Å²) in [7, 11) is 0. The van der Waals surface area contributed by atoms with Gasteiger partial charge in [-0.25, -0.2) is 9.78 Å². The van der Waals surface area contributed by atoms with Crippen LogP contribution in [0.25, 0.3) is 0 Å². The number of benzene rings is 1. The van der Waals surface area contributed by atoms with Gasteiger partial charge in [-0.3, -0.25) is 9.69 Å². The van der Waals surface area contributed by atoms with E-state index < -0.39 is 0 Å². The van der Waals surface area contributed by atoms with Crippen LogP contribution >= 0.6 is 0 Å². The van der Waals surface area contributed by atoms with Crippen LogP contribution < -0.4 is 9.64 Å². The van der Waals surface area contributed by atoms with Crippen molar-refractivity contribution in [3.05, 3.63) is 47.9 Å². The molecule has 2 aliphatic heterocycles. The normalized spacial score (nSPS) is 19.3. The third-order valence-electron chi connectivity index (χ3n) is 5.54. The SMILES string of the molecule is Cc1ccc(N2CCN(CC(=O)N3CCCC(Oc4ccnc(C)n4)C3)C2=O)cc1. The van der Waals surface area contributed by atoms with Gasteiger partial charge in [-0.2, -0.15) is 4.98 Å². The van der Waals surface area contributed by atoms with E-state index in [4.69, 9.17) is 4.74 Å². The third-order valence-corrected chi connectivity index (χ3v) is 5.54. The van der Waals surface area contributed by atoms with Crippen molar-refractivity contribution in [2.24, 2.45) is 0 Å². The van der Waals surface area contributed by atoms with E-state index in [0.717, 1.165) is 24.1 Å². The Kier molecular flexibility index (Phi) is 5.83. The number of likely N-dealkylation sites (tertiary alicyclic amines) is 1. The minimum absolute atomic E-state index is 0.0405. The average molecular weight is 409 g/mol. The molecule has 3 heterocycles. The van der Waals surface area contributed by atoms with Crippen molar-refractivity contribution in [2.45, 2.75) is 32.8 Å². The molecule has 0 saturated carbocycles. The van der Waals surface area contributed by atoms with Gasteiger partial charge in [-0.05, 0) is 38.8 Å². The first kappa shape index (κ1) is 20.1. The van der Waals surface area contributed by atoms with Crippen molar-refractivity contribution in [3.63, 3.8) is 0 Å². The Bertz CT molecular complexity index is 917. The van der Waals surface area contributed by atoms with Crippen LogP contribution in [0.4, 0.5) is 10.5 Å². The molecule has 1 atom stereocenters. The molecule has 1 aromatic carbocycles. The van der Waals surface area contributed by atoms with Crippen LogP contribution in [0, 0.1) is 13.8 Å². The lowest BCUT2D eigenvalue weighted by Crippen LogP contribution is -2.48. The van der Waals surface area contributed by atoms with Gasteiger partial charge in [0.2, 0.25) is 11.8 Å². The first-order valence-electron chi connectivity index (χ1n) is 10.4. The molecule has 30 heavy (non-hydrogen) atoms. The van der Waals surface area contributed by atoms with E-state index in [9.17, 15) is 9.59 Å². The van der Waals surface area contributed by atoms with E-state index >= 15 is 0 Å². The lowest BCUT2D eigenvalue weighted by molar-refractivity contribution is -0.134. The highest BCUT2D eigenvalue weighted by molar-refractivity contribution is 5.96. The molecule has 2 saturated heterocycles. The molecule has 0 aliphatic carbocycles. The van der Waals surface area contributed by atoms with Gasteiger partial charge < -0.3 is 14.5 Å². The average Bonchev–Trinajstić information content (AvgIpc) is 3.09. The number of carbonyl (C=O) groups excluding carboxylic acids is 2. The molecule has 0 radical (unpaired) electrons. The Morgan fingerprint density at radius 3 is 2.70 bits per heavy atom. The summed E-state index contributed by atoms with van der Waals surface area (Å²) in [5, 5.41) is 0. The second-order valence-electron chi connectivity index (χ2n) is 7.86. The molecule has 8 heteroatoms. The second-order valence-corrected chi connectivity index (χ2v) is 7.86. The molecule has 1 unspecified atom stereocenters. The van der Waals surface area contributed by atoms with Gasteiger partial charge in [-0.1, -0.05) is 17.7 Å². The van der Waals surface area contributed by atoms with Gasteiger partial charge in [0, 0.05) is 37.6 Å². The van der Waals surface area contributed by atoms with Gasteiger partial charge in [-0.15, -0.1) is 0 Å². The Labute approximate surface area is 176 Å². The van der Waals surface area contributed by atoms with Crippen LogP contribution in [0.5, 0.6) is 5.88 Å². The van der Waals surface area contributed by atoms with Crippen LogP contribution in [0.1, 0.15) is 24.2 Å². The number of nitrogens with zero attached hydrogens (tertiary/aromatic N) is 5. The topological polar surface area (TPSA) is 78.9 Å². The van der Waals surface area contributed by atoms with Gasteiger partial charge in [0.05, 0.1) is 6.54 Å². The van der Waals surface area contributed by atoms with Crippen molar-refractivity contribution < 1.29 is 14.3 Å². The first-order chi connectivity index (χ1) is 14.5. The number of urea groups is 1. The summed E-state index contributed by atoms with van der Waals surface area (Å²) in [5.74, 6) is 1.15. The maximum atomic E-state index is 12.9. The summed E-state index contributed by atoms with van der Waals surface area (Å²) < 4.78 is 5.96. The quantitative estimate of drug-likeness (QED) is 0.758. The largest absolute Gasteiger partial charge is 0.472 e. The number of piperidine rings is 1. The Morgan fingerprint density at radius 1 is 1.13 bits per heavy atom. The van der Waals surface area contributed by atoms with Gasteiger partial charge in [0.25, 0.3) is 0 Å². The standard InChI is InChI=1S/C22H27N5O3/c1-16-5-7-18(8-6-16)27-13-12-26(22(27)29)15-21(28)25-11-3-4-19(14-25)30-20-9-10-23-17(2)24-20/h5-10,19H,3-4,11-15H2,1-2H3. The zero-order valence-electron chi connectivity index (χ0n) is 17.5. The number of carbonyl (C=O) groups is 2. The predicted molar refractivity (Wildman–Crippen MR) is 112 cm³/mol. The van der Waals surface area contributed by atoms with Crippen molar-refractivity contribution in [2.75, 3.05) is 37.6 Å². The van der Waals surface area contributed by atoms with Crippen LogP contribution in [0.15, 0.2) is 36.5 Å². The van der Waals surface area contributed by atoms with Crippen LogP contribution in [-0.2, 0) is 4.79 Å². The molecule has 3 amide bonds. The number of aryl methyl sites for hydroxylation is 2. The molecule has 0 bridgehead atoms. The molecule has 8 nitrogen and oxygen atoms in total. The van der Waals surface area contributed by atoms with Crippen molar-refractivity contribution in [1.82, 2.24) is 19.8 Å². The van der Waals surface area contributed by atoms with E-state index in [2.05, 4.69) is 9.97 Å². The fraction of sp³-hybridized carbons (Fsp3) is 0.455. The van der Waals surface area contributed by atoms with Gasteiger partial charge in [0.1, 0.15) is 18.5 Å². The maximum absolute atomic E-state index is 12.9. The summed E-state index contributed by atoms with van der Waals surface area (Å²) in [6, 6.07) is 9.48. The summed E-state index contributed by atoms with van der Waals surface area (Å²) in [5.41, 5.74) is 2.02. The van der Waals surface area contributed by atoms with E-state index in [1.165, 1.54) is 0 Å². The highest BCUT2D eigenvalue weighted by Crippen LogP contribution is 2.22. The van der Waals surface area contributed by atoms with E-state index in [1.807, 2.05) is 38.1 Å². The summed E-state index contributed by atoms with van der Waals surface area (Å²) in [6.45, 7) is 6.26. The molecule has 0 spiro atoms. The molecular weight excluding hydrogens is 382 g/mol. The molecule has 158 valence electrons. The number of rotatable bonds is 5. The molecule has 4 rings (SSSR count). The summed E-state index contributed by atoms with van der Waals surface area (Å²) in [6.07, 6.45) is 3.30. The van der Waals surface area contributed by atoms with Crippen LogP contribution in [0.3, 0.4) is 0 Å². The fourth-order valence-corrected chi connectivity index (χ4v) is 3.89. The van der Waals surface area contributed by atoms with E-state index in [0.29, 0.717) is 37.9 Å². The molecule has 0 N–H and O–H groups in total. The zero-order valence-corrected chi connectivity index (χ0v) is 17.5. The minimum Gasteiger partial charge on any atom is -0.472 e. The highest BCUT2D eigenvalue weighted by Gasteiger charge is 2.33. The van der Waals surface area contributed by atoms with Gasteiger partial charge >= 0.3 is 6.03 Å². The summed E-state index contributed by atoms with van der Waals surface area (Å²) in [4.78, 5) is 39.2. The number of hydrogen-bond donors (Lipinski definition) is 0. The van der Waals surface area contributed by atoms with Gasteiger partial charge in [0.15, 0.2) is 0 Å². The second kappa shape index (κ2) is 8.69. The smallest absolute Gasteiger partial charge is 0.325 e. The summed E-state index contributed by atoms with van der Waals surface area (Å²) >= 11 is 0. The number of anilines is 1. The van der Waals surface area contributed by atoms with E-state index in [-0.39, 0.29) is 24.6 Å². The lowest BCUT2D eigenvalue weighted by Gasteiger charge is -2.33. The van der Waals surface area contributed by atoms with Crippen molar-refractivity contribution >= 4 is 17.6 Å². The predicted octanol–water partition coefficient (Wildman–Crippen LogP) is 2.41. The van der Waals surface area contributed by atoms with Crippen molar-refractivity contribution in [3.8, 4) is 5.88 Å². The number of aromatic nitrogens is 2. The number of ether oxygens (including phenoxy) is 1. The Morgan fingerprint density at radius 2 is 1.93 bits per heavy atom. The molecule has 2 fully saturated rings. The number of hydrogen-bond acceptors (Lipinski definition) is 5. The maximum Gasteiger partial charge on any atom is 0.325 e. The van der Waals surface area contributed by atoms with Crippen LogP contribution in [0.2, 0.25) is 0 Å². The number of amides is 3. The zero-order chi connectivity index (χ0) is 21.1. The molecule has 1 aromatic heterocycles. The fourth-order valence-electron chi connectivity index (χ4n) is 3.89. The highest BCUT2D eigenvalue weighted by atomic mass is 16.5. The third kappa shape index (κ3) is 4.53. The first-order valence-corrected chi connectivity index (χ1v) is 10.4. The molecular formula is C22H27N5O3. The van der Waals surface area contributed by atoms with E-state index in [1.54, 1.807) is 27.0 Å². The Hall–Kier alpha value is -3.16. The monoisotopic (exact) mass is 409 g/mol. The van der Waals surface area contributed by atoms with Crippen molar-refractivity contribution in [1.29, 1.82) is 0 Å².